The Hall–Kier alpha value is -0.510. The second-order valence-corrected chi connectivity index (χ2v) is 2.74. The molecule has 0 saturated carbocycles. The van der Waals surface area contributed by atoms with Gasteiger partial charge >= 0.3 is 6.18 Å². The molecule has 1 rings (SSSR count). The van der Waals surface area contributed by atoms with Crippen LogP contribution in [0.25, 0.3) is 0 Å². The molecule has 0 aromatic carbocycles. The Labute approximate surface area is 63.3 Å². The smallest absolute Gasteiger partial charge is 0.303 e. The van der Waals surface area contributed by atoms with Crippen LogP contribution in [0.15, 0.2) is 11.6 Å². The standard InChI is InChI=1S/C7H10F3N/c1-5-2-3-11-6(4-5)7(8,9)10/h4,6,11H,2-3H2,1H3. The fourth-order valence-corrected chi connectivity index (χ4v) is 1.06. The molecule has 0 bridgehead atoms. The summed E-state index contributed by atoms with van der Waals surface area (Å²) < 4.78 is 36.0. The Morgan fingerprint density at radius 1 is 1.55 bits per heavy atom. The molecular weight excluding hydrogens is 155 g/mol. The average molecular weight is 165 g/mol. The first kappa shape index (κ1) is 8.59. The fourth-order valence-electron chi connectivity index (χ4n) is 1.06. The van der Waals surface area contributed by atoms with Gasteiger partial charge in [0, 0.05) is 0 Å². The van der Waals surface area contributed by atoms with Crippen LogP contribution < -0.4 is 5.32 Å². The average Bonchev–Trinajstić information content (AvgIpc) is 1.86. The molecule has 0 aliphatic carbocycles. The van der Waals surface area contributed by atoms with Crippen LogP contribution in [0.3, 0.4) is 0 Å². The highest BCUT2D eigenvalue weighted by Crippen LogP contribution is 2.24. The molecule has 1 nitrogen and oxygen atoms in total. The van der Waals surface area contributed by atoms with Crippen LogP contribution in [0.1, 0.15) is 13.3 Å². The second kappa shape index (κ2) is 2.85. The van der Waals surface area contributed by atoms with Crippen LogP contribution in [-0.2, 0) is 0 Å². The van der Waals surface area contributed by atoms with Gasteiger partial charge in [-0.25, -0.2) is 0 Å². The number of nitrogens with one attached hydrogen (secondary N) is 1. The zero-order valence-electron chi connectivity index (χ0n) is 6.20. The van der Waals surface area contributed by atoms with Gasteiger partial charge in [0.2, 0.25) is 0 Å². The molecule has 0 fully saturated rings. The molecule has 4 heteroatoms. The molecule has 1 atom stereocenters. The number of rotatable bonds is 0. The van der Waals surface area contributed by atoms with Crippen LogP contribution >= 0.6 is 0 Å². The summed E-state index contributed by atoms with van der Waals surface area (Å²) in [5, 5.41) is 2.39. The molecule has 0 amide bonds. The molecule has 1 heterocycles. The third-order valence-corrected chi connectivity index (χ3v) is 1.69. The van der Waals surface area contributed by atoms with Gasteiger partial charge in [-0.3, -0.25) is 0 Å². The largest absolute Gasteiger partial charge is 0.407 e. The Kier molecular flexibility index (Phi) is 2.23. The minimum atomic E-state index is -4.14. The highest BCUT2D eigenvalue weighted by molar-refractivity contribution is 5.10. The SMILES string of the molecule is CC1=CC(C(F)(F)F)NCC1. The summed E-state index contributed by atoms with van der Waals surface area (Å²) in [6.45, 7) is 2.14. The van der Waals surface area contributed by atoms with E-state index in [2.05, 4.69) is 5.32 Å². The van der Waals surface area contributed by atoms with Crippen molar-refractivity contribution in [2.75, 3.05) is 6.54 Å². The van der Waals surface area contributed by atoms with E-state index >= 15 is 0 Å². The van der Waals surface area contributed by atoms with Gasteiger partial charge in [0.15, 0.2) is 0 Å². The number of hydrogen-bond donors (Lipinski definition) is 1. The summed E-state index contributed by atoms with van der Waals surface area (Å²) in [6, 6.07) is -1.43. The molecule has 0 radical (unpaired) electrons. The molecule has 1 aliphatic rings. The lowest BCUT2D eigenvalue weighted by Gasteiger charge is -2.23. The zero-order chi connectivity index (χ0) is 8.48. The maximum atomic E-state index is 12.0. The van der Waals surface area contributed by atoms with Gasteiger partial charge in [0.05, 0.1) is 0 Å². The van der Waals surface area contributed by atoms with Crippen LogP contribution in [0.2, 0.25) is 0 Å². The van der Waals surface area contributed by atoms with Crippen molar-refractivity contribution in [3.05, 3.63) is 11.6 Å². The summed E-state index contributed by atoms with van der Waals surface area (Å²) in [6.07, 6.45) is -2.18. The van der Waals surface area contributed by atoms with Crippen molar-refractivity contribution >= 4 is 0 Å². The Morgan fingerprint density at radius 3 is 2.55 bits per heavy atom. The fraction of sp³-hybridized carbons (Fsp3) is 0.714. The molecule has 11 heavy (non-hydrogen) atoms. The van der Waals surface area contributed by atoms with Gasteiger partial charge in [-0.05, 0) is 19.9 Å². The number of halogens is 3. The summed E-state index contributed by atoms with van der Waals surface area (Å²) in [5.41, 5.74) is 0.811. The maximum absolute atomic E-state index is 12.0. The molecule has 0 aromatic heterocycles. The van der Waals surface area contributed by atoms with E-state index in [-0.39, 0.29) is 0 Å². The van der Waals surface area contributed by atoms with Crippen LogP contribution in [0.4, 0.5) is 13.2 Å². The maximum Gasteiger partial charge on any atom is 0.407 e. The lowest BCUT2D eigenvalue weighted by Crippen LogP contribution is -2.43. The van der Waals surface area contributed by atoms with Gasteiger partial charge in [-0.15, -0.1) is 0 Å². The molecule has 1 aliphatic heterocycles. The van der Waals surface area contributed by atoms with Gasteiger partial charge in [0.25, 0.3) is 0 Å². The highest BCUT2D eigenvalue weighted by atomic mass is 19.4. The quantitative estimate of drug-likeness (QED) is 0.540. The van der Waals surface area contributed by atoms with Crippen molar-refractivity contribution in [2.45, 2.75) is 25.6 Å². The minimum absolute atomic E-state index is 0.423. The molecule has 1 unspecified atom stereocenters. The third-order valence-electron chi connectivity index (χ3n) is 1.69. The van der Waals surface area contributed by atoms with Gasteiger partial charge in [-0.1, -0.05) is 11.6 Å². The zero-order valence-corrected chi connectivity index (χ0v) is 6.20. The van der Waals surface area contributed by atoms with E-state index in [1.807, 2.05) is 0 Å². The molecule has 0 saturated heterocycles. The predicted molar refractivity (Wildman–Crippen MR) is 36.2 cm³/mol. The lowest BCUT2D eigenvalue weighted by atomic mass is 10.1. The molecule has 1 N–H and O–H groups in total. The lowest BCUT2D eigenvalue weighted by molar-refractivity contribution is -0.145. The van der Waals surface area contributed by atoms with Gasteiger partial charge < -0.3 is 5.32 Å². The van der Waals surface area contributed by atoms with Gasteiger partial charge in [0.1, 0.15) is 6.04 Å². The van der Waals surface area contributed by atoms with E-state index in [0.717, 1.165) is 5.57 Å². The summed E-state index contributed by atoms with van der Waals surface area (Å²) >= 11 is 0. The van der Waals surface area contributed by atoms with E-state index < -0.39 is 12.2 Å². The van der Waals surface area contributed by atoms with Crippen LogP contribution in [0.5, 0.6) is 0 Å². The summed E-state index contributed by atoms with van der Waals surface area (Å²) in [7, 11) is 0. The normalized spacial score (nSPS) is 26.5. The number of hydrogen-bond acceptors (Lipinski definition) is 1. The van der Waals surface area contributed by atoms with Crippen molar-refractivity contribution in [2.24, 2.45) is 0 Å². The summed E-state index contributed by atoms with van der Waals surface area (Å²) in [5.74, 6) is 0. The van der Waals surface area contributed by atoms with Crippen molar-refractivity contribution in [1.82, 2.24) is 5.32 Å². The molecule has 0 spiro atoms. The monoisotopic (exact) mass is 165 g/mol. The van der Waals surface area contributed by atoms with Gasteiger partial charge in [-0.2, -0.15) is 13.2 Å². The first-order valence-electron chi connectivity index (χ1n) is 3.47. The summed E-state index contributed by atoms with van der Waals surface area (Å²) in [4.78, 5) is 0. The van der Waals surface area contributed by atoms with Crippen molar-refractivity contribution in [1.29, 1.82) is 0 Å². The van der Waals surface area contributed by atoms with Crippen molar-refractivity contribution in [3.63, 3.8) is 0 Å². The Morgan fingerprint density at radius 2 is 2.18 bits per heavy atom. The molecule has 64 valence electrons. The van der Waals surface area contributed by atoms with Crippen LogP contribution in [0, 0.1) is 0 Å². The molecule has 0 aromatic rings. The van der Waals surface area contributed by atoms with E-state index in [0.29, 0.717) is 13.0 Å². The first-order valence-corrected chi connectivity index (χ1v) is 3.47. The van der Waals surface area contributed by atoms with Crippen LogP contribution in [-0.4, -0.2) is 18.8 Å². The first-order chi connectivity index (χ1) is 5.00. The second-order valence-electron chi connectivity index (χ2n) is 2.74. The van der Waals surface area contributed by atoms with E-state index in [4.69, 9.17) is 0 Å². The third kappa shape index (κ3) is 2.22. The Balaban J connectivity index is 2.67. The number of alkyl halides is 3. The molecular formula is C7H10F3N. The highest BCUT2D eigenvalue weighted by Gasteiger charge is 2.38. The van der Waals surface area contributed by atoms with Crippen molar-refractivity contribution in [3.8, 4) is 0 Å². The van der Waals surface area contributed by atoms with E-state index in [1.54, 1.807) is 6.92 Å². The Bertz CT molecular complexity index is 171. The predicted octanol–water partition coefficient (Wildman–Crippen LogP) is 1.86. The topological polar surface area (TPSA) is 12.0 Å². The van der Waals surface area contributed by atoms with Crippen molar-refractivity contribution < 1.29 is 13.2 Å². The minimum Gasteiger partial charge on any atom is -0.303 e. The van der Waals surface area contributed by atoms with E-state index in [1.165, 1.54) is 6.08 Å². The van der Waals surface area contributed by atoms with E-state index in [9.17, 15) is 13.2 Å².